The normalized spacial score (nSPS) is 18.7. The molecule has 0 radical (unpaired) electrons. The third kappa shape index (κ3) is 4.21. The Labute approximate surface area is 184 Å². The Kier molecular flexibility index (Phi) is 5.71. The van der Waals surface area contributed by atoms with E-state index in [1.54, 1.807) is 23.9 Å². The number of hydrogen-bond donors (Lipinski definition) is 2. The lowest BCUT2D eigenvalue weighted by Gasteiger charge is -2.29. The number of hydrogen-bond acceptors (Lipinski definition) is 6. The van der Waals surface area contributed by atoms with Crippen molar-refractivity contribution in [2.24, 2.45) is 0 Å². The number of nitrogens with one attached hydrogen (secondary N) is 2. The van der Waals surface area contributed by atoms with Crippen molar-refractivity contribution in [1.82, 2.24) is 24.8 Å². The number of pyridine rings is 1. The highest BCUT2D eigenvalue weighted by molar-refractivity contribution is 7.99. The number of carbonyl (C=O) groups excluding carboxylic acids is 1. The lowest BCUT2D eigenvalue weighted by molar-refractivity contribution is 0.102. The summed E-state index contributed by atoms with van der Waals surface area (Å²) in [5, 5.41) is 7.21. The molecule has 2 aliphatic rings. The molecule has 5 rings (SSSR count). The molecule has 1 atom stereocenters. The van der Waals surface area contributed by atoms with Crippen LogP contribution in [0.25, 0.3) is 11.3 Å². The number of piperazine rings is 1. The van der Waals surface area contributed by atoms with Crippen LogP contribution < -0.4 is 10.6 Å². The van der Waals surface area contributed by atoms with Crippen LogP contribution in [-0.2, 0) is 0 Å². The predicted octanol–water partition coefficient (Wildman–Crippen LogP) is 2.89. The lowest BCUT2D eigenvalue weighted by atomic mass is 10.1. The second kappa shape index (κ2) is 8.78. The van der Waals surface area contributed by atoms with Crippen LogP contribution >= 0.6 is 11.8 Å². The zero-order valence-electron chi connectivity index (χ0n) is 16.9. The number of anilines is 1. The zero-order valence-corrected chi connectivity index (χ0v) is 17.7. The molecule has 7 nitrogen and oxygen atoms in total. The Hall–Kier alpha value is -2.75. The quantitative estimate of drug-likeness (QED) is 0.597. The molecule has 1 saturated heterocycles. The maximum absolute atomic E-state index is 13.9. The minimum Gasteiger partial charge on any atom is -0.321 e. The molecule has 1 aromatic carbocycles. The second-order valence-electron chi connectivity index (χ2n) is 7.67. The van der Waals surface area contributed by atoms with Gasteiger partial charge in [-0.15, -0.1) is 0 Å². The first-order chi connectivity index (χ1) is 15.2. The number of imidazole rings is 1. The molecule has 0 aliphatic carbocycles. The summed E-state index contributed by atoms with van der Waals surface area (Å²) in [6.07, 6.45) is 3.39. The summed E-state index contributed by atoms with van der Waals surface area (Å²) in [6, 6.07) is 10.8. The van der Waals surface area contributed by atoms with E-state index in [-0.39, 0.29) is 5.56 Å². The van der Waals surface area contributed by atoms with Gasteiger partial charge in [0.15, 0.2) is 5.16 Å². The standard InChI is InChI=1S/C22H23FN6OS/c23-20-17(5-3-7-25-20)21(30)26-18-6-2-1-4-16(18)19-13-29-15(14-31-22(29)27-19)12-28-10-8-24-9-11-28/h1-7,13,15,24H,8-12,14H2,(H,26,30). The van der Waals surface area contributed by atoms with E-state index in [2.05, 4.69) is 31.3 Å². The minimum absolute atomic E-state index is 0.0868. The Balaban J connectivity index is 1.38. The Morgan fingerprint density at radius 1 is 1.23 bits per heavy atom. The van der Waals surface area contributed by atoms with E-state index in [1.165, 1.54) is 12.3 Å². The molecule has 9 heteroatoms. The number of thioether (sulfide) groups is 1. The SMILES string of the molecule is O=C(Nc1ccccc1-c1cn2c(n1)SCC2CN1CCNCC1)c1cccnc1F. The summed E-state index contributed by atoms with van der Waals surface area (Å²) < 4.78 is 16.2. The largest absolute Gasteiger partial charge is 0.321 e. The van der Waals surface area contributed by atoms with Crippen LogP contribution in [0.15, 0.2) is 53.9 Å². The Morgan fingerprint density at radius 3 is 2.90 bits per heavy atom. The monoisotopic (exact) mass is 438 g/mol. The van der Waals surface area contributed by atoms with Crippen LogP contribution in [0.1, 0.15) is 16.4 Å². The molecule has 2 aromatic heterocycles. The van der Waals surface area contributed by atoms with Crippen molar-refractivity contribution in [2.45, 2.75) is 11.2 Å². The van der Waals surface area contributed by atoms with Gasteiger partial charge in [-0.1, -0.05) is 30.0 Å². The van der Waals surface area contributed by atoms with Gasteiger partial charge in [-0.3, -0.25) is 9.69 Å². The maximum Gasteiger partial charge on any atom is 0.260 e. The third-order valence-corrected chi connectivity index (χ3v) is 6.74. The van der Waals surface area contributed by atoms with Crippen molar-refractivity contribution in [1.29, 1.82) is 0 Å². The summed E-state index contributed by atoms with van der Waals surface area (Å²) in [4.78, 5) is 23.5. The molecule has 1 amide bonds. The second-order valence-corrected chi connectivity index (χ2v) is 8.66. The van der Waals surface area contributed by atoms with E-state index >= 15 is 0 Å². The molecule has 2 aliphatic heterocycles. The number of benzene rings is 1. The number of aromatic nitrogens is 3. The molecule has 0 bridgehead atoms. The summed E-state index contributed by atoms with van der Waals surface area (Å²) in [5.41, 5.74) is 2.12. The first-order valence-corrected chi connectivity index (χ1v) is 11.3. The summed E-state index contributed by atoms with van der Waals surface area (Å²) in [5.74, 6) is -0.299. The van der Waals surface area contributed by atoms with Gasteiger partial charge in [0.05, 0.1) is 23.0 Å². The fourth-order valence-corrected chi connectivity index (χ4v) is 5.14. The van der Waals surface area contributed by atoms with Gasteiger partial charge in [0.2, 0.25) is 5.95 Å². The van der Waals surface area contributed by atoms with Crippen LogP contribution in [0.2, 0.25) is 0 Å². The maximum atomic E-state index is 13.9. The highest BCUT2D eigenvalue weighted by Gasteiger charge is 2.28. The Bertz CT molecular complexity index is 1100. The van der Waals surface area contributed by atoms with Crippen molar-refractivity contribution < 1.29 is 9.18 Å². The topological polar surface area (TPSA) is 75.1 Å². The number of amides is 1. The van der Waals surface area contributed by atoms with Crippen molar-refractivity contribution in [3.05, 3.63) is 60.3 Å². The van der Waals surface area contributed by atoms with Crippen LogP contribution in [0.3, 0.4) is 0 Å². The molecular weight excluding hydrogens is 415 g/mol. The van der Waals surface area contributed by atoms with E-state index in [0.717, 1.165) is 54.9 Å². The predicted molar refractivity (Wildman–Crippen MR) is 119 cm³/mol. The molecule has 1 fully saturated rings. The molecule has 0 saturated carbocycles. The number of fused-ring (bicyclic) bond motifs is 1. The molecule has 0 spiro atoms. The molecule has 2 N–H and O–H groups in total. The van der Waals surface area contributed by atoms with Gasteiger partial charge >= 0.3 is 0 Å². The average molecular weight is 439 g/mol. The number of carbonyl (C=O) groups is 1. The van der Waals surface area contributed by atoms with Gasteiger partial charge in [0.25, 0.3) is 5.91 Å². The van der Waals surface area contributed by atoms with Crippen molar-refractivity contribution in [3.8, 4) is 11.3 Å². The first kappa shape index (κ1) is 20.2. The number of nitrogens with zero attached hydrogens (tertiary/aromatic N) is 4. The summed E-state index contributed by atoms with van der Waals surface area (Å²) in [7, 11) is 0. The van der Waals surface area contributed by atoms with Gasteiger partial charge in [-0.05, 0) is 18.2 Å². The van der Waals surface area contributed by atoms with E-state index in [9.17, 15) is 9.18 Å². The molecular formula is C22H23FN6OS. The number of para-hydroxylation sites is 1. The lowest BCUT2D eigenvalue weighted by Crippen LogP contribution is -2.45. The van der Waals surface area contributed by atoms with Gasteiger partial charge in [-0.25, -0.2) is 9.97 Å². The molecule has 31 heavy (non-hydrogen) atoms. The minimum atomic E-state index is -0.786. The van der Waals surface area contributed by atoms with E-state index in [0.29, 0.717) is 11.7 Å². The van der Waals surface area contributed by atoms with Crippen molar-refractivity contribution >= 4 is 23.4 Å². The molecule has 3 aromatic rings. The van der Waals surface area contributed by atoms with E-state index < -0.39 is 11.9 Å². The summed E-state index contributed by atoms with van der Waals surface area (Å²) >= 11 is 1.76. The van der Waals surface area contributed by atoms with Crippen molar-refractivity contribution in [3.63, 3.8) is 0 Å². The van der Waals surface area contributed by atoms with E-state index in [4.69, 9.17) is 4.98 Å². The van der Waals surface area contributed by atoms with Crippen LogP contribution in [-0.4, -0.2) is 63.8 Å². The first-order valence-electron chi connectivity index (χ1n) is 10.3. The van der Waals surface area contributed by atoms with Gasteiger partial charge in [0, 0.05) is 56.4 Å². The molecule has 1 unspecified atom stereocenters. The number of halogens is 1. The third-order valence-electron chi connectivity index (χ3n) is 5.63. The van der Waals surface area contributed by atoms with E-state index in [1.807, 2.05) is 18.2 Å². The van der Waals surface area contributed by atoms with Crippen LogP contribution in [0.5, 0.6) is 0 Å². The fraction of sp³-hybridized carbons (Fsp3) is 0.318. The summed E-state index contributed by atoms with van der Waals surface area (Å²) in [6.45, 7) is 5.21. The number of rotatable bonds is 5. The zero-order chi connectivity index (χ0) is 21.2. The molecule has 4 heterocycles. The van der Waals surface area contributed by atoms with Crippen LogP contribution in [0.4, 0.5) is 10.1 Å². The van der Waals surface area contributed by atoms with Gasteiger partial charge in [-0.2, -0.15) is 4.39 Å². The fourth-order valence-electron chi connectivity index (χ4n) is 4.02. The smallest absolute Gasteiger partial charge is 0.260 e. The molecule has 160 valence electrons. The highest BCUT2D eigenvalue weighted by atomic mass is 32.2. The Morgan fingerprint density at radius 2 is 2.06 bits per heavy atom. The van der Waals surface area contributed by atoms with Crippen LogP contribution in [0, 0.1) is 5.95 Å². The van der Waals surface area contributed by atoms with Gasteiger partial charge in [0.1, 0.15) is 0 Å². The highest BCUT2D eigenvalue weighted by Crippen LogP contribution is 2.37. The van der Waals surface area contributed by atoms with Crippen molar-refractivity contribution in [2.75, 3.05) is 43.8 Å². The van der Waals surface area contributed by atoms with Gasteiger partial charge < -0.3 is 15.2 Å². The average Bonchev–Trinajstić information content (AvgIpc) is 3.37.